The predicted molar refractivity (Wildman–Crippen MR) is 181 cm³/mol. The first kappa shape index (κ1) is 31.9. The third-order valence-corrected chi connectivity index (χ3v) is 9.67. The molecule has 1 aromatic carbocycles. The van der Waals surface area contributed by atoms with E-state index in [-0.39, 0.29) is 0 Å². The van der Waals surface area contributed by atoms with Gasteiger partial charge in [0.1, 0.15) is 0 Å². The molecule has 0 unspecified atom stereocenters. The second-order valence-corrected chi connectivity index (χ2v) is 12.7. The van der Waals surface area contributed by atoms with Gasteiger partial charge in [-0.2, -0.15) is 0 Å². The first-order valence-corrected chi connectivity index (χ1v) is 16.0. The van der Waals surface area contributed by atoms with Crippen LogP contribution in [0.15, 0.2) is 83.5 Å². The van der Waals surface area contributed by atoms with Crippen molar-refractivity contribution >= 4 is 5.57 Å². The molecular formula is C37H55N5. The van der Waals surface area contributed by atoms with Crippen molar-refractivity contribution in [3.8, 4) is 0 Å². The molecule has 0 bridgehead atoms. The van der Waals surface area contributed by atoms with E-state index < -0.39 is 0 Å². The summed E-state index contributed by atoms with van der Waals surface area (Å²) in [5.74, 6) is 0.998. The summed E-state index contributed by atoms with van der Waals surface area (Å²) >= 11 is 0. The van der Waals surface area contributed by atoms with Crippen LogP contribution in [0.3, 0.4) is 0 Å². The van der Waals surface area contributed by atoms with Crippen molar-refractivity contribution in [1.29, 1.82) is 0 Å². The highest BCUT2D eigenvalue weighted by molar-refractivity contribution is 5.78. The summed E-state index contributed by atoms with van der Waals surface area (Å²) in [6.45, 7) is 32.9. The molecular weight excluding hydrogens is 514 g/mol. The van der Waals surface area contributed by atoms with Crippen LogP contribution in [-0.2, 0) is 0 Å². The van der Waals surface area contributed by atoms with Crippen LogP contribution >= 0.6 is 0 Å². The van der Waals surface area contributed by atoms with Gasteiger partial charge in [0, 0.05) is 63.9 Å². The number of hydrogen-bond acceptors (Lipinski definition) is 5. The van der Waals surface area contributed by atoms with Gasteiger partial charge >= 0.3 is 0 Å². The molecule has 0 radical (unpaired) electrons. The van der Waals surface area contributed by atoms with Crippen LogP contribution < -0.4 is 10.7 Å². The third-order valence-electron chi connectivity index (χ3n) is 9.67. The molecule has 0 atom stereocenters. The molecule has 42 heavy (non-hydrogen) atoms. The van der Waals surface area contributed by atoms with E-state index in [4.69, 9.17) is 0 Å². The molecule has 3 aliphatic rings. The Bertz CT molecular complexity index is 1280. The molecule has 4 rings (SSSR count). The molecule has 3 heterocycles. The van der Waals surface area contributed by atoms with Crippen molar-refractivity contribution in [2.45, 2.75) is 73.1 Å². The topological polar surface area (TPSA) is 33.8 Å². The number of piperazine rings is 1. The quantitative estimate of drug-likeness (QED) is 0.305. The Balaban J connectivity index is 1.53. The first-order chi connectivity index (χ1) is 20.0. The van der Waals surface area contributed by atoms with E-state index >= 15 is 0 Å². The number of likely N-dealkylation sites (tertiary alicyclic amines) is 1. The maximum Gasteiger partial charge on any atom is 0.0531 e. The lowest BCUT2D eigenvalue weighted by molar-refractivity contribution is 0.231. The Morgan fingerprint density at radius 1 is 1.07 bits per heavy atom. The van der Waals surface area contributed by atoms with Crippen LogP contribution in [0, 0.1) is 12.8 Å². The van der Waals surface area contributed by atoms with E-state index in [2.05, 4.69) is 111 Å². The average Bonchev–Trinajstić information content (AvgIpc) is 2.98. The normalized spacial score (nSPS) is 19.8. The van der Waals surface area contributed by atoms with E-state index in [9.17, 15) is 0 Å². The zero-order valence-electron chi connectivity index (χ0n) is 27.5. The fourth-order valence-corrected chi connectivity index (χ4v) is 6.90. The molecule has 2 N–H and O–H groups in total. The Morgan fingerprint density at radius 3 is 2.40 bits per heavy atom. The van der Waals surface area contributed by atoms with E-state index in [1.807, 2.05) is 7.05 Å². The molecule has 2 fully saturated rings. The zero-order valence-corrected chi connectivity index (χ0v) is 27.5. The van der Waals surface area contributed by atoms with Crippen molar-refractivity contribution in [3.63, 3.8) is 0 Å². The zero-order chi connectivity index (χ0) is 30.6. The number of hydrogen-bond donors (Lipinski definition) is 2. The number of piperidine rings is 1. The van der Waals surface area contributed by atoms with Gasteiger partial charge in [0.25, 0.3) is 0 Å². The third kappa shape index (κ3) is 6.95. The number of hydrazine groups is 1. The van der Waals surface area contributed by atoms with Crippen molar-refractivity contribution in [1.82, 2.24) is 25.6 Å². The van der Waals surface area contributed by atoms with E-state index in [0.717, 1.165) is 63.5 Å². The van der Waals surface area contributed by atoms with Crippen LogP contribution in [0.5, 0.6) is 0 Å². The number of nitrogens with one attached hydrogen (secondary N) is 2. The van der Waals surface area contributed by atoms with Gasteiger partial charge < -0.3 is 10.2 Å². The number of benzene rings is 1. The number of aryl methyl sites for hydroxylation is 1. The van der Waals surface area contributed by atoms with Crippen LogP contribution in [0.2, 0.25) is 0 Å². The molecule has 0 saturated carbocycles. The SMILES string of the molecule is C=C1CN(CCC(=C)N2CCC(c3ccc(C)c(/C(=C(\CC)C4=CN(NC)C(=C)C(C)=C4C)C(C)C)c3)CC2)CCN1. The Labute approximate surface area is 256 Å². The van der Waals surface area contributed by atoms with Crippen LogP contribution in [-0.4, -0.2) is 61.1 Å². The van der Waals surface area contributed by atoms with Gasteiger partial charge in [-0.1, -0.05) is 58.7 Å². The van der Waals surface area contributed by atoms with Gasteiger partial charge in [0.05, 0.1) is 5.70 Å². The Morgan fingerprint density at radius 2 is 1.79 bits per heavy atom. The largest absolute Gasteiger partial charge is 0.386 e. The van der Waals surface area contributed by atoms with Crippen LogP contribution in [0.4, 0.5) is 0 Å². The summed E-state index contributed by atoms with van der Waals surface area (Å²) in [5.41, 5.74) is 17.8. The van der Waals surface area contributed by atoms with Gasteiger partial charge in [-0.15, -0.1) is 0 Å². The lowest BCUT2D eigenvalue weighted by Crippen LogP contribution is -2.42. The number of rotatable bonds is 10. The first-order valence-electron chi connectivity index (χ1n) is 16.0. The smallest absolute Gasteiger partial charge is 0.0531 e. The molecule has 0 aliphatic carbocycles. The lowest BCUT2D eigenvalue weighted by Gasteiger charge is -2.36. The molecule has 0 amide bonds. The van der Waals surface area contributed by atoms with Gasteiger partial charge in [-0.3, -0.25) is 9.91 Å². The van der Waals surface area contributed by atoms with Gasteiger partial charge in [0.2, 0.25) is 0 Å². The highest BCUT2D eigenvalue weighted by Crippen LogP contribution is 2.41. The van der Waals surface area contributed by atoms with Crippen molar-refractivity contribution in [2.75, 3.05) is 46.3 Å². The summed E-state index contributed by atoms with van der Waals surface area (Å²) in [7, 11) is 1.96. The maximum absolute atomic E-state index is 4.48. The Hall–Kier alpha value is -3.02. The van der Waals surface area contributed by atoms with E-state index in [0.29, 0.717) is 11.8 Å². The second kappa shape index (κ2) is 14.0. The lowest BCUT2D eigenvalue weighted by atomic mass is 9.79. The van der Waals surface area contributed by atoms with Gasteiger partial charge in [-0.05, 0) is 103 Å². The highest BCUT2D eigenvalue weighted by atomic mass is 15.5. The van der Waals surface area contributed by atoms with Crippen LogP contribution in [0.25, 0.3) is 5.57 Å². The fourth-order valence-electron chi connectivity index (χ4n) is 6.90. The van der Waals surface area contributed by atoms with Gasteiger partial charge in [-0.25, -0.2) is 5.43 Å². The molecule has 0 spiro atoms. The van der Waals surface area contributed by atoms with E-state index in [1.165, 1.54) is 63.1 Å². The fraction of sp³-hybridized carbons (Fsp3) is 0.514. The van der Waals surface area contributed by atoms with Crippen molar-refractivity contribution in [2.24, 2.45) is 5.92 Å². The van der Waals surface area contributed by atoms with Crippen molar-refractivity contribution in [3.05, 3.63) is 100 Å². The van der Waals surface area contributed by atoms with Gasteiger partial charge in [0.15, 0.2) is 0 Å². The minimum Gasteiger partial charge on any atom is -0.386 e. The molecule has 1 aromatic rings. The van der Waals surface area contributed by atoms with E-state index in [1.54, 1.807) is 0 Å². The standard InChI is InChI=1S/C37H55N5/c1-11-34(36-24-42(38-10)31(9)29(7)30(36)8)37(25(2)3)35-22-33(13-12-26(35)4)32-15-19-41(20-16-32)28(6)14-18-40-21-17-39-27(5)23-40/h12-13,22,24-25,32,38-39H,5-6,9,11,14-21,23H2,1-4,7-8,10H3/b37-34+. The minimum absolute atomic E-state index is 0.411. The average molecular weight is 570 g/mol. The molecule has 5 heteroatoms. The molecule has 3 aliphatic heterocycles. The molecule has 0 aromatic heterocycles. The monoisotopic (exact) mass is 569 g/mol. The summed E-state index contributed by atoms with van der Waals surface area (Å²) in [4.78, 5) is 5.02. The van der Waals surface area contributed by atoms with Crippen LogP contribution in [0.1, 0.15) is 82.9 Å². The summed E-state index contributed by atoms with van der Waals surface area (Å²) in [5, 5.41) is 5.42. The second-order valence-electron chi connectivity index (χ2n) is 12.7. The van der Waals surface area contributed by atoms with Crippen molar-refractivity contribution < 1.29 is 0 Å². The predicted octanol–water partition coefficient (Wildman–Crippen LogP) is 7.50. The number of allylic oxidation sites excluding steroid dienone is 5. The minimum atomic E-state index is 0.411. The summed E-state index contributed by atoms with van der Waals surface area (Å²) in [6.07, 6.45) is 6.63. The number of nitrogens with zero attached hydrogens (tertiary/aromatic N) is 3. The summed E-state index contributed by atoms with van der Waals surface area (Å²) in [6, 6.07) is 7.27. The summed E-state index contributed by atoms with van der Waals surface area (Å²) < 4.78 is 0. The highest BCUT2D eigenvalue weighted by Gasteiger charge is 2.26. The molecule has 5 nitrogen and oxygen atoms in total. The Kier molecular flexibility index (Phi) is 10.6. The molecule has 2 saturated heterocycles. The maximum atomic E-state index is 4.48. The molecule has 228 valence electrons.